The molecule has 0 aliphatic carbocycles. The number of hydrogen-bond acceptors (Lipinski definition) is 5. The molecule has 3 heterocycles. The number of anilines is 1. The summed E-state index contributed by atoms with van der Waals surface area (Å²) in [6.07, 6.45) is 5.80. The first-order chi connectivity index (χ1) is 17.1. The summed E-state index contributed by atoms with van der Waals surface area (Å²) in [5.74, 6) is 0. The zero-order chi connectivity index (χ0) is 23.9. The molecule has 1 aliphatic heterocycles. The molecule has 6 rings (SSSR count). The number of benzene rings is 3. The molecule has 35 heavy (non-hydrogen) atoms. The Morgan fingerprint density at radius 3 is 2.34 bits per heavy atom. The van der Waals surface area contributed by atoms with Gasteiger partial charge in [-0.15, -0.1) is 0 Å². The summed E-state index contributed by atoms with van der Waals surface area (Å²) < 4.78 is 1.84. The van der Waals surface area contributed by atoms with Gasteiger partial charge in [-0.25, -0.2) is 9.50 Å². The summed E-state index contributed by atoms with van der Waals surface area (Å²) in [5, 5.41) is 19.6. The summed E-state index contributed by atoms with van der Waals surface area (Å²) in [6.45, 7) is 6.53. The van der Waals surface area contributed by atoms with Gasteiger partial charge in [0.05, 0.1) is 17.8 Å². The third-order valence-corrected chi connectivity index (χ3v) is 7.02. The van der Waals surface area contributed by atoms with Crippen LogP contribution in [-0.4, -0.2) is 39.8 Å². The van der Waals surface area contributed by atoms with Crippen molar-refractivity contribution in [2.24, 2.45) is 0 Å². The van der Waals surface area contributed by atoms with E-state index in [-0.39, 0.29) is 0 Å². The molecule has 0 saturated carbocycles. The number of aromatic nitrogens is 3. The molecule has 2 atom stereocenters. The third-order valence-electron chi connectivity index (χ3n) is 7.02. The van der Waals surface area contributed by atoms with Crippen LogP contribution in [-0.2, 0) is 0 Å². The van der Waals surface area contributed by atoms with Crippen molar-refractivity contribution in [3.05, 3.63) is 84.8 Å². The Balaban J connectivity index is 1.36. The Hall–Kier alpha value is -4.21. The van der Waals surface area contributed by atoms with E-state index in [0.29, 0.717) is 17.6 Å². The molecule has 0 radical (unpaired) electrons. The monoisotopic (exact) mass is 458 g/mol. The molecule has 1 saturated heterocycles. The fourth-order valence-corrected chi connectivity index (χ4v) is 5.31. The Kier molecular flexibility index (Phi) is 5.20. The van der Waals surface area contributed by atoms with Crippen LogP contribution >= 0.6 is 0 Å². The first-order valence-corrected chi connectivity index (χ1v) is 12.0. The second-order valence-electron chi connectivity index (χ2n) is 9.30. The summed E-state index contributed by atoms with van der Waals surface area (Å²) in [7, 11) is 0. The van der Waals surface area contributed by atoms with Crippen LogP contribution in [0, 0.1) is 11.3 Å². The van der Waals surface area contributed by atoms with Crippen molar-refractivity contribution >= 4 is 22.1 Å². The summed E-state index contributed by atoms with van der Waals surface area (Å²) >= 11 is 0. The van der Waals surface area contributed by atoms with Gasteiger partial charge in [0.2, 0.25) is 0 Å². The SMILES string of the molecule is CC1CNCC(C)N1c1ccc(-c2cnc3c(-c4ccc(C#N)c5ccccc45)cnn3c2)cc1. The molecule has 6 nitrogen and oxygen atoms in total. The van der Waals surface area contributed by atoms with Crippen LogP contribution in [0.15, 0.2) is 79.3 Å². The number of nitrogens with zero attached hydrogens (tertiary/aromatic N) is 5. The number of rotatable bonds is 3. The molecular weight excluding hydrogens is 432 g/mol. The Labute approximate surface area is 204 Å². The zero-order valence-electron chi connectivity index (χ0n) is 19.8. The van der Waals surface area contributed by atoms with E-state index >= 15 is 0 Å². The standard InChI is InChI=1S/C29H26N6/c1-19-14-31-15-20(2)35(19)24-10-7-21(8-11-24)23-16-32-29-28(17-33-34(29)18-23)27-12-9-22(13-30)25-5-3-4-6-26(25)27/h3-12,16-20,31H,14-15H2,1-2H3. The predicted molar refractivity (Wildman–Crippen MR) is 140 cm³/mol. The van der Waals surface area contributed by atoms with Crippen LogP contribution in [0.1, 0.15) is 19.4 Å². The first kappa shape index (κ1) is 21.3. The molecule has 0 spiro atoms. The van der Waals surface area contributed by atoms with Gasteiger partial charge in [0.15, 0.2) is 5.65 Å². The first-order valence-electron chi connectivity index (χ1n) is 12.0. The van der Waals surface area contributed by atoms with Gasteiger partial charge in [0.25, 0.3) is 0 Å². The average molecular weight is 459 g/mol. The second-order valence-corrected chi connectivity index (χ2v) is 9.30. The lowest BCUT2D eigenvalue weighted by atomic mass is 9.97. The predicted octanol–water partition coefficient (Wildman–Crippen LogP) is 5.27. The highest BCUT2D eigenvalue weighted by molar-refractivity contribution is 6.02. The summed E-state index contributed by atoms with van der Waals surface area (Å²) in [6, 6.07) is 23.8. The maximum absolute atomic E-state index is 9.50. The number of hydrogen-bond donors (Lipinski definition) is 1. The lowest BCUT2D eigenvalue weighted by Gasteiger charge is -2.41. The van der Waals surface area contributed by atoms with Crippen molar-refractivity contribution in [2.75, 3.05) is 18.0 Å². The van der Waals surface area contributed by atoms with Crippen LogP contribution in [0.25, 0.3) is 38.7 Å². The fourth-order valence-electron chi connectivity index (χ4n) is 5.31. The minimum Gasteiger partial charge on any atom is -0.364 e. The highest BCUT2D eigenvalue weighted by atomic mass is 15.2. The number of piperazine rings is 1. The van der Waals surface area contributed by atoms with Gasteiger partial charge in [-0.05, 0) is 48.6 Å². The molecule has 1 aliphatic rings. The fraction of sp³-hybridized carbons (Fsp3) is 0.207. The summed E-state index contributed by atoms with van der Waals surface area (Å²) in [4.78, 5) is 7.29. The van der Waals surface area contributed by atoms with Crippen molar-refractivity contribution < 1.29 is 0 Å². The molecule has 6 heteroatoms. The quantitative estimate of drug-likeness (QED) is 0.399. The molecule has 0 bridgehead atoms. The maximum atomic E-state index is 9.50. The van der Waals surface area contributed by atoms with Crippen molar-refractivity contribution in [2.45, 2.75) is 25.9 Å². The molecule has 1 N–H and O–H groups in total. The van der Waals surface area contributed by atoms with E-state index < -0.39 is 0 Å². The minimum atomic E-state index is 0.461. The van der Waals surface area contributed by atoms with Crippen LogP contribution in [0.5, 0.6) is 0 Å². The Morgan fingerprint density at radius 2 is 1.60 bits per heavy atom. The molecular formula is C29H26N6. The van der Waals surface area contributed by atoms with Crippen molar-refractivity contribution in [1.82, 2.24) is 19.9 Å². The highest BCUT2D eigenvalue weighted by Crippen LogP contribution is 2.33. The largest absolute Gasteiger partial charge is 0.364 e. The number of fused-ring (bicyclic) bond motifs is 2. The van der Waals surface area contributed by atoms with Gasteiger partial charge < -0.3 is 10.2 Å². The Bertz CT molecular complexity index is 1570. The van der Waals surface area contributed by atoms with Crippen LogP contribution in [0.4, 0.5) is 5.69 Å². The van der Waals surface area contributed by atoms with Crippen molar-refractivity contribution in [3.63, 3.8) is 0 Å². The number of nitrogens with one attached hydrogen (secondary N) is 1. The second kappa shape index (κ2) is 8.53. The van der Waals surface area contributed by atoms with Gasteiger partial charge in [0.1, 0.15) is 0 Å². The van der Waals surface area contributed by atoms with E-state index in [4.69, 9.17) is 4.98 Å². The Morgan fingerprint density at radius 1 is 0.857 bits per heavy atom. The molecule has 2 unspecified atom stereocenters. The van der Waals surface area contributed by atoms with E-state index in [9.17, 15) is 5.26 Å². The van der Waals surface area contributed by atoms with Gasteiger partial charge in [-0.3, -0.25) is 0 Å². The zero-order valence-corrected chi connectivity index (χ0v) is 19.8. The van der Waals surface area contributed by atoms with Gasteiger partial charge in [-0.2, -0.15) is 10.4 Å². The third kappa shape index (κ3) is 3.61. The van der Waals surface area contributed by atoms with Crippen molar-refractivity contribution in [1.29, 1.82) is 5.26 Å². The minimum absolute atomic E-state index is 0.461. The van der Waals surface area contributed by atoms with Crippen LogP contribution in [0.3, 0.4) is 0 Å². The molecule has 172 valence electrons. The van der Waals surface area contributed by atoms with E-state index in [1.807, 2.05) is 59.5 Å². The molecule has 1 fully saturated rings. The van der Waals surface area contributed by atoms with E-state index in [1.54, 1.807) is 0 Å². The van der Waals surface area contributed by atoms with E-state index in [2.05, 4.69) is 59.5 Å². The van der Waals surface area contributed by atoms with Crippen molar-refractivity contribution in [3.8, 4) is 28.3 Å². The van der Waals surface area contributed by atoms with Gasteiger partial charge in [0, 0.05) is 59.8 Å². The molecule has 3 aromatic carbocycles. The highest BCUT2D eigenvalue weighted by Gasteiger charge is 2.24. The summed E-state index contributed by atoms with van der Waals surface area (Å²) in [5.41, 5.74) is 6.82. The smallest absolute Gasteiger partial charge is 0.162 e. The van der Waals surface area contributed by atoms with Gasteiger partial charge >= 0.3 is 0 Å². The lowest BCUT2D eigenvalue weighted by Crippen LogP contribution is -2.55. The van der Waals surface area contributed by atoms with Crippen LogP contribution < -0.4 is 10.2 Å². The van der Waals surface area contributed by atoms with Crippen LogP contribution in [0.2, 0.25) is 0 Å². The topological polar surface area (TPSA) is 69.2 Å². The molecule has 2 aromatic heterocycles. The maximum Gasteiger partial charge on any atom is 0.162 e. The average Bonchev–Trinajstić information content (AvgIpc) is 3.31. The number of nitriles is 1. The molecule has 0 amide bonds. The molecule has 5 aromatic rings. The normalized spacial score (nSPS) is 18.1. The van der Waals surface area contributed by atoms with E-state index in [0.717, 1.165) is 51.8 Å². The van der Waals surface area contributed by atoms with E-state index in [1.165, 1.54) is 5.69 Å². The lowest BCUT2D eigenvalue weighted by molar-refractivity contribution is 0.432. The van der Waals surface area contributed by atoms with Gasteiger partial charge in [-0.1, -0.05) is 42.5 Å².